The zero-order chi connectivity index (χ0) is 14.5. The Hall–Kier alpha value is -2.21. The highest BCUT2D eigenvalue weighted by Crippen LogP contribution is 2.24. The van der Waals surface area contributed by atoms with Gasteiger partial charge in [-0.1, -0.05) is 6.92 Å². The van der Waals surface area contributed by atoms with Gasteiger partial charge in [0.2, 0.25) is 0 Å². The van der Waals surface area contributed by atoms with Gasteiger partial charge in [0, 0.05) is 22.0 Å². The first-order valence-electron chi connectivity index (χ1n) is 6.29. The first-order valence-corrected chi connectivity index (χ1v) is 7.11. The van der Waals surface area contributed by atoms with Crippen LogP contribution in [0.2, 0.25) is 0 Å². The molecule has 0 bridgehead atoms. The normalized spacial score (nSPS) is 10.2. The van der Waals surface area contributed by atoms with Crippen molar-refractivity contribution in [2.75, 3.05) is 16.4 Å². The average Bonchev–Trinajstić information content (AvgIpc) is 2.87. The second-order valence-corrected chi connectivity index (χ2v) is 5.56. The van der Waals surface area contributed by atoms with Crippen LogP contribution in [0.3, 0.4) is 0 Å². The molecule has 0 spiro atoms. The Balaban J connectivity index is 1.99. The Labute approximate surface area is 121 Å². The summed E-state index contributed by atoms with van der Waals surface area (Å²) in [5, 5.41) is 14.2. The fourth-order valence-corrected chi connectivity index (χ4v) is 2.70. The van der Waals surface area contributed by atoms with E-state index in [9.17, 15) is 4.79 Å². The van der Waals surface area contributed by atoms with Gasteiger partial charge in [-0.2, -0.15) is 0 Å². The summed E-state index contributed by atoms with van der Waals surface area (Å²) < 4.78 is 0. The van der Waals surface area contributed by atoms with Crippen LogP contribution in [-0.2, 0) is 13.0 Å². The molecule has 5 nitrogen and oxygen atoms in total. The van der Waals surface area contributed by atoms with Crippen molar-refractivity contribution >= 4 is 34.5 Å². The molecule has 20 heavy (non-hydrogen) atoms. The maximum absolute atomic E-state index is 10.6. The van der Waals surface area contributed by atoms with E-state index < -0.39 is 6.09 Å². The molecule has 0 aliphatic rings. The van der Waals surface area contributed by atoms with Gasteiger partial charge in [-0.15, -0.1) is 11.3 Å². The van der Waals surface area contributed by atoms with Crippen LogP contribution >= 0.6 is 11.3 Å². The maximum atomic E-state index is 10.6. The summed E-state index contributed by atoms with van der Waals surface area (Å²) in [6, 6.07) is 9.42. The number of hydrogen-bond donors (Lipinski definition) is 4. The second kappa shape index (κ2) is 6.29. The molecular weight excluding hydrogens is 274 g/mol. The average molecular weight is 291 g/mol. The quantitative estimate of drug-likeness (QED) is 0.634. The van der Waals surface area contributed by atoms with Gasteiger partial charge in [-0.3, -0.25) is 5.32 Å². The van der Waals surface area contributed by atoms with Crippen LogP contribution in [-0.4, -0.2) is 11.2 Å². The number of aryl methyl sites for hydroxylation is 1. The summed E-state index contributed by atoms with van der Waals surface area (Å²) >= 11 is 1.78. The van der Waals surface area contributed by atoms with Crippen LogP contribution in [0.1, 0.15) is 16.7 Å². The number of rotatable bonds is 5. The third kappa shape index (κ3) is 3.64. The van der Waals surface area contributed by atoms with Gasteiger partial charge in [-0.25, -0.2) is 4.79 Å². The van der Waals surface area contributed by atoms with E-state index in [0.717, 1.165) is 18.7 Å². The lowest BCUT2D eigenvalue weighted by atomic mass is 10.2. The minimum Gasteiger partial charge on any atom is -0.465 e. The van der Waals surface area contributed by atoms with E-state index in [-0.39, 0.29) is 0 Å². The van der Waals surface area contributed by atoms with Crippen LogP contribution < -0.4 is 16.4 Å². The highest BCUT2D eigenvalue weighted by molar-refractivity contribution is 7.12. The number of anilines is 3. The Morgan fingerprint density at radius 1 is 1.30 bits per heavy atom. The van der Waals surface area contributed by atoms with E-state index in [0.29, 0.717) is 11.4 Å². The predicted molar refractivity (Wildman–Crippen MR) is 83.5 cm³/mol. The molecule has 0 aliphatic carbocycles. The van der Waals surface area contributed by atoms with E-state index in [1.807, 2.05) is 0 Å². The molecule has 0 saturated heterocycles. The molecule has 0 fully saturated rings. The molecule has 2 rings (SSSR count). The van der Waals surface area contributed by atoms with Crippen molar-refractivity contribution in [2.24, 2.45) is 0 Å². The van der Waals surface area contributed by atoms with E-state index in [1.54, 1.807) is 29.5 Å². The maximum Gasteiger partial charge on any atom is 0.409 e. The van der Waals surface area contributed by atoms with Crippen molar-refractivity contribution < 1.29 is 9.90 Å². The van der Waals surface area contributed by atoms with Crippen molar-refractivity contribution in [2.45, 2.75) is 19.9 Å². The fourth-order valence-electron chi connectivity index (χ4n) is 1.80. The SMILES string of the molecule is CCc1ccc(CNc2ccc(NC(=O)O)c(N)c2)s1. The number of nitrogen functional groups attached to an aromatic ring is 1. The summed E-state index contributed by atoms with van der Waals surface area (Å²) in [7, 11) is 0. The zero-order valence-corrected chi connectivity index (χ0v) is 12.0. The summed E-state index contributed by atoms with van der Waals surface area (Å²) in [5.74, 6) is 0. The minimum absolute atomic E-state index is 0.396. The highest BCUT2D eigenvalue weighted by atomic mass is 32.1. The van der Waals surface area contributed by atoms with Gasteiger partial charge < -0.3 is 16.2 Å². The van der Waals surface area contributed by atoms with E-state index >= 15 is 0 Å². The smallest absolute Gasteiger partial charge is 0.409 e. The number of thiophene rings is 1. The third-order valence-corrected chi connectivity index (χ3v) is 4.06. The van der Waals surface area contributed by atoms with Gasteiger partial charge >= 0.3 is 6.09 Å². The van der Waals surface area contributed by atoms with Crippen molar-refractivity contribution in [1.82, 2.24) is 0 Å². The molecule has 1 aromatic heterocycles. The Kier molecular flexibility index (Phi) is 4.47. The van der Waals surface area contributed by atoms with E-state index in [1.165, 1.54) is 9.75 Å². The second-order valence-electron chi connectivity index (χ2n) is 4.31. The molecule has 2 aromatic rings. The van der Waals surface area contributed by atoms with Gasteiger partial charge in [0.25, 0.3) is 0 Å². The largest absolute Gasteiger partial charge is 0.465 e. The molecule has 1 aromatic carbocycles. The molecule has 0 aliphatic heterocycles. The first kappa shape index (κ1) is 14.2. The molecule has 1 amide bonds. The Morgan fingerprint density at radius 3 is 2.65 bits per heavy atom. The number of amides is 1. The standard InChI is InChI=1S/C14H17N3O2S/c1-2-10-4-5-11(20-10)8-16-9-3-6-13(12(15)7-9)17-14(18)19/h3-7,16-17H,2,8,15H2,1H3,(H,18,19). The molecule has 106 valence electrons. The molecular formula is C14H17N3O2S. The molecule has 6 heteroatoms. The Morgan fingerprint density at radius 2 is 2.05 bits per heavy atom. The van der Waals surface area contributed by atoms with E-state index in [4.69, 9.17) is 10.8 Å². The number of carbonyl (C=O) groups is 1. The summed E-state index contributed by atoms with van der Waals surface area (Å²) in [6.07, 6.45) is -0.0734. The lowest BCUT2D eigenvalue weighted by Gasteiger charge is -2.09. The van der Waals surface area contributed by atoms with Gasteiger partial charge in [0.15, 0.2) is 0 Å². The van der Waals surface area contributed by atoms with E-state index in [2.05, 4.69) is 29.7 Å². The van der Waals surface area contributed by atoms with Crippen molar-refractivity contribution in [1.29, 1.82) is 0 Å². The molecule has 1 heterocycles. The van der Waals surface area contributed by atoms with Gasteiger partial charge in [0.1, 0.15) is 0 Å². The minimum atomic E-state index is -1.12. The molecule has 0 radical (unpaired) electrons. The van der Waals surface area contributed by atoms with Crippen LogP contribution in [0, 0.1) is 0 Å². The number of carboxylic acid groups (broad SMARTS) is 1. The monoisotopic (exact) mass is 291 g/mol. The molecule has 5 N–H and O–H groups in total. The summed E-state index contributed by atoms with van der Waals surface area (Å²) in [4.78, 5) is 13.2. The lowest BCUT2D eigenvalue weighted by Crippen LogP contribution is -2.09. The topological polar surface area (TPSA) is 87.4 Å². The number of nitrogens with two attached hydrogens (primary N) is 1. The first-order chi connectivity index (χ1) is 9.58. The molecule has 0 saturated carbocycles. The number of hydrogen-bond acceptors (Lipinski definition) is 4. The van der Waals surface area contributed by atoms with Crippen molar-refractivity contribution in [3.63, 3.8) is 0 Å². The zero-order valence-electron chi connectivity index (χ0n) is 11.1. The van der Waals surface area contributed by atoms with Crippen molar-refractivity contribution in [3.8, 4) is 0 Å². The molecule has 0 unspecified atom stereocenters. The van der Waals surface area contributed by atoms with Crippen LogP contribution in [0.5, 0.6) is 0 Å². The van der Waals surface area contributed by atoms with Crippen LogP contribution in [0.4, 0.5) is 21.9 Å². The van der Waals surface area contributed by atoms with Gasteiger partial charge in [0.05, 0.1) is 11.4 Å². The summed E-state index contributed by atoms with van der Waals surface area (Å²) in [6.45, 7) is 2.87. The number of benzene rings is 1. The number of nitrogens with one attached hydrogen (secondary N) is 2. The van der Waals surface area contributed by atoms with Crippen molar-refractivity contribution in [3.05, 3.63) is 40.1 Å². The third-order valence-electron chi connectivity index (χ3n) is 2.83. The highest BCUT2D eigenvalue weighted by Gasteiger charge is 2.04. The summed E-state index contributed by atoms with van der Waals surface area (Å²) in [5.41, 5.74) is 7.46. The predicted octanol–water partition coefficient (Wildman–Crippen LogP) is 3.59. The van der Waals surface area contributed by atoms with Crippen LogP contribution in [0.25, 0.3) is 0 Å². The molecule has 0 atom stereocenters. The van der Waals surface area contributed by atoms with Gasteiger partial charge in [-0.05, 0) is 36.8 Å². The fraction of sp³-hybridized carbons (Fsp3) is 0.214. The Bertz CT molecular complexity index is 610. The van der Waals surface area contributed by atoms with Crippen LogP contribution in [0.15, 0.2) is 30.3 Å². The lowest BCUT2D eigenvalue weighted by molar-refractivity contribution is 0.210.